The lowest BCUT2D eigenvalue weighted by Crippen LogP contribution is -2.26. The number of imidazole rings is 1. The van der Waals surface area contributed by atoms with Crippen molar-refractivity contribution in [1.29, 1.82) is 0 Å². The van der Waals surface area contributed by atoms with Gasteiger partial charge in [0.1, 0.15) is 18.2 Å². The Morgan fingerprint density at radius 2 is 1.83 bits per heavy atom. The third kappa shape index (κ3) is 7.33. The lowest BCUT2D eigenvalue weighted by atomic mass is 10.1. The zero-order valence-corrected chi connectivity index (χ0v) is 20.9. The monoisotopic (exact) mass is 489 g/mol. The van der Waals surface area contributed by atoms with Crippen LogP contribution in [-0.2, 0) is 24.2 Å². The quantitative estimate of drug-likeness (QED) is 0.243. The van der Waals surface area contributed by atoms with Gasteiger partial charge in [-0.1, -0.05) is 54.4 Å². The van der Waals surface area contributed by atoms with E-state index < -0.39 is 0 Å². The van der Waals surface area contributed by atoms with Crippen LogP contribution in [0.4, 0.5) is 0 Å². The Balaban J connectivity index is 1.23. The molecule has 0 saturated carbocycles. The van der Waals surface area contributed by atoms with Crippen molar-refractivity contribution in [3.8, 4) is 5.75 Å². The number of fused-ring (bicyclic) bond motifs is 1. The number of carbonyl (C=O) groups is 1. The summed E-state index contributed by atoms with van der Waals surface area (Å²) >= 11 is 5.90. The molecule has 0 aliphatic carbocycles. The number of aromatic nitrogens is 2. The van der Waals surface area contributed by atoms with E-state index in [2.05, 4.69) is 47.1 Å². The number of nitrogens with zero attached hydrogens (tertiary/aromatic N) is 2. The van der Waals surface area contributed by atoms with E-state index in [0.29, 0.717) is 24.6 Å². The van der Waals surface area contributed by atoms with E-state index in [4.69, 9.17) is 21.3 Å². The number of rotatable bonds is 12. The van der Waals surface area contributed by atoms with Gasteiger partial charge in [0.05, 0.1) is 24.0 Å². The molecule has 6 heteroatoms. The lowest BCUT2D eigenvalue weighted by molar-refractivity contribution is -0.120. The van der Waals surface area contributed by atoms with E-state index in [1.165, 1.54) is 5.56 Å². The van der Waals surface area contributed by atoms with E-state index in [9.17, 15) is 4.79 Å². The second-order valence-electron chi connectivity index (χ2n) is 8.80. The van der Waals surface area contributed by atoms with Crippen molar-refractivity contribution in [2.75, 3.05) is 13.2 Å². The summed E-state index contributed by atoms with van der Waals surface area (Å²) in [6.45, 7) is 4.10. The second kappa shape index (κ2) is 12.4. The highest BCUT2D eigenvalue weighted by Crippen LogP contribution is 2.19. The highest BCUT2D eigenvalue weighted by molar-refractivity contribution is 6.30. The maximum atomic E-state index is 12.1. The fraction of sp³-hybridized carbons (Fsp3) is 0.310. The van der Waals surface area contributed by atoms with Crippen LogP contribution in [0.3, 0.4) is 0 Å². The maximum Gasteiger partial charge on any atom is 0.224 e. The molecule has 0 aliphatic heterocycles. The first-order valence-electron chi connectivity index (χ1n) is 12.2. The molecule has 0 saturated heterocycles. The average Bonchev–Trinajstić information content (AvgIpc) is 3.20. The van der Waals surface area contributed by atoms with Crippen molar-refractivity contribution >= 4 is 28.5 Å². The van der Waals surface area contributed by atoms with E-state index in [1.54, 1.807) is 0 Å². The number of benzene rings is 3. The summed E-state index contributed by atoms with van der Waals surface area (Å²) in [5.41, 5.74) is 4.33. The first kappa shape index (κ1) is 24.8. The molecule has 1 amide bonds. The lowest BCUT2D eigenvalue weighted by Gasteiger charge is -2.11. The van der Waals surface area contributed by atoms with Gasteiger partial charge in [0.15, 0.2) is 0 Å². The first-order chi connectivity index (χ1) is 17.1. The molecule has 1 N–H and O–H groups in total. The fourth-order valence-corrected chi connectivity index (χ4v) is 4.31. The van der Waals surface area contributed by atoms with Gasteiger partial charge >= 0.3 is 0 Å². The Labute approximate surface area is 212 Å². The van der Waals surface area contributed by atoms with Crippen molar-refractivity contribution in [2.45, 2.75) is 45.6 Å². The molecule has 3 aromatic carbocycles. The number of para-hydroxylation sites is 2. The van der Waals surface area contributed by atoms with Crippen molar-refractivity contribution in [3.05, 3.63) is 94.8 Å². The molecule has 182 valence electrons. The number of hydrogen-bond acceptors (Lipinski definition) is 3. The molecule has 1 heterocycles. The van der Waals surface area contributed by atoms with Gasteiger partial charge in [-0.3, -0.25) is 4.79 Å². The zero-order valence-electron chi connectivity index (χ0n) is 20.2. The summed E-state index contributed by atoms with van der Waals surface area (Å²) in [6.07, 6.45) is 4.28. The minimum atomic E-state index is 0.0442. The number of aryl methyl sites for hydroxylation is 2. The Morgan fingerprint density at radius 1 is 1.00 bits per heavy atom. The number of hydrogen-bond donors (Lipinski definition) is 1. The van der Waals surface area contributed by atoms with Crippen LogP contribution < -0.4 is 10.1 Å². The van der Waals surface area contributed by atoms with Gasteiger partial charge in [0.25, 0.3) is 0 Å². The number of unbranched alkanes of at least 4 members (excludes halogenated alkanes) is 2. The molecule has 4 rings (SSSR count). The minimum Gasteiger partial charge on any atom is -0.492 e. The highest BCUT2D eigenvalue weighted by Gasteiger charge is 2.10. The Kier molecular flexibility index (Phi) is 8.79. The largest absolute Gasteiger partial charge is 0.492 e. The number of amides is 1. The predicted molar refractivity (Wildman–Crippen MR) is 142 cm³/mol. The van der Waals surface area contributed by atoms with E-state index >= 15 is 0 Å². The smallest absolute Gasteiger partial charge is 0.224 e. The number of nitrogens with one attached hydrogen (secondary N) is 1. The summed E-state index contributed by atoms with van der Waals surface area (Å²) < 4.78 is 8.27. The standard InChI is InChI=1S/C29H32ClN3O2/c1-22-8-7-9-25(20-22)35-19-18-33-27-11-5-4-10-26(27)32-28(33)12-3-2-6-17-31-29(34)21-23-13-15-24(30)16-14-23/h4-5,7-11,13-16,20H,2-3,6,12,17-19,21H2,1H3,(H,31,34). The summed E-state index contributed by atoms with van der Waals surface area (Å²) in [6, 6.07) is 23.8. The highest BCUT2D eigenvalue weighted by atomic mass is 35.5. The number of carbonyl (C=O) groups excluding carboxylic acids is 1. The van der Waals surface area contributed by atoms with Gasteiger partial charge in [0.2, 0.25) is 5.91 Å². The molecular weight excluding hydrogens is 458 g/mol. The predicted octanol–water partition coefficient (Wildman–Crippen LogP) is 6.15. The fourth-order valence-electron chi connectivity index (χ4n) is 4.19. The van der Waals surface area contributed by atoms with Crippen LogP contribution >= 0.6 is 11.6 Å². The van der Waals surface area contributed by atoms with Crippen LogP contribution in [0.1, 0.15) is 36.2 Å². The molecule has 0 radical (unpaired) electrons. The number of halogens is 1. The van der Waals surface area contributed by atoms with Gasteiger partial charge in [-0.05, 0) is 67.3 Å². The third-order valence-corrected chi connectivity index (χ3v) is 6.24. The molecule has 35 heavy (non-hydrogen) atoms. The topological polar surface area (TPSA) is 56.1 Å². The Morgan fingerprint density at radius 3 is 2.66 bits per heavy atom. The number of ether oxygens (including phenoxy) is 1. The van der Waals surface area contributed by atoms with Crippen LogP contribution in [0.2, 0.25) is 5.02 Å². The average molecular weight is 490 g/mol. The van der Waals surface area contributed by atoms with Gasteiger partial charge in [0, 0.05) is 18.0 Å². The third-order valence-electron chi connectivity index (χ3n) is 5.98. The van der Waals surface area contributed by atoms with Crippen LogP contribution in [0.25, 0.3) is 11.0 Å². The van der Waals surface area contributed by atoms with E-state index in [0.717, 1.165) is 60.4 Å². The van der Waals surface area contributed by atoms with Crippen LogP contribution in [0.15, 0.2) is 72.8 Å². The van der Waals surface area contributed by atoms with Crippen molar-refractivity contribution in [3.63, 3.8) is 0 Å². The molecule has 0 atom stereocenters. The minimum absolute atomic E-state index is 0.0442. The van der Waals surface area contributed by atoms with Crippen LogP contribution in [-0.4, -0.2) is 28.6 Å². The van der Waals surface area contributed by atoms with Gasteiger partial charge in [-0.15, -0.1) is 0 Å². The van der Waals surface area contributed by atoms with Gasteiger partial charge in [-0.2, -0.15) is 0 Å². The molecule has 4 aromatic rings. The summed E-state index contributed by atoms with van der Waals surface area (Å²) in [5, 5.41) is 3.70. The summed E-state index contributed by atoms with van der Waals surface area (Å²) in [4.78, 5) is 17.0. The van der Waals surface area contributed by atoms with Gasteiger partial charge in [-0.25, -0.2) is 4.98 Å². The molecule has 0 bridgehead atoms. The van der Waals surface area contributed by atoms with Crippen molar-refractivity contribution in [1.82, 2.24) is 14.9 Å². The Bertz CT molecular complexity index is 1250. The SMILES string of the molecule is Cc1cccc(OCCn2c(CCCCCNC(=O)Cc3ccc(Cl)cc3)nc3ccccc32)c1. The molecule has 0 aliphatic rings. The second-order valence-corrected chi connectivity index (χ2v) is 9.23. The molecule has 5 nitrogen and oxygen atoms in total. The van der Waals surface area contributed by atoms with Crippen LogP contribution in [0, 0.1) is 6.92 Å². The summed E-state index contributed by atoms with van der Waals surface area (Å²) in [7, 11) is 0. The molecule has 0 spiro atoms. The molecule has 0 unspecified atom stereocenters. The molecule has 0 fully saturated rings. The van der Waals surface area contributed by atoms with Crippen molar-refractivity contribution in [2.24, 2.45) is 0 Å². The maximum absolute atomic E-state index is 12.1. The summed E-state index contributed by atoms with van der Waals surface area (Å²) in [5.74, 6) is 2.03. The Hall–Kier alpha value is -3.31. The van der Waals surface area contributed by atoms with Crippen LogP contribution in [0.5, 0.6) is 5.75 Å². The normalized spacial score (nSPS) is 11.0. The molecule has 1 aromatic heterocycles. The van der Waals surface area contributed by atoms with E-state index in [-0.39, 0.29) is 5.91 Å². The van der Waals surface area contributed by atoms with Gasteiger partial charge < -0.3 is 14.6 Å². The van der Waals surface area contributed by atoms with E-state index in [1.807, 2.05) is 42.5 Å². The molecular formula is C29H32ClN3O2. The first-order valence-corrected chi connectivity index (χ1v) is 12.6. The zero-order chi connectivity index (χ0) is 24.5. The van der Waals surface area contributed by atoms with Crippen molar-refractivity contribution < 1.29 is 9.53 Å².